The monoisotopic (exact) mass is 1680 g/mol. The van der Waals surface area contributed by atoms with Crippen LogP contribution in [0.5, 0.6) is 0 Å². The fourth-order valence-corrected chi connectivity index (χ4v) is 16.2. The van der Waals surface area contributed by atoms with Gasteiger partial charge in [0.05, 0.1) is 13.2 Å². The van der Waals surface area contributed by atoms with E-state index in [4.69, 9.17) is 46.9 Å². The van der Waals surface area contributed by atoms with Gasteiger partial charge in [0.2, 0.25) is 0 Å². The molecular weight excluding hydrogens is 1510 g/mol. The number of allylic oxidation sites excluding steroid dienone is 4. The fourth-order valence-electron chi connectivity index (χ4n) is 15.2. The molecular formula is C90H165O25P. The van der Waals surface area contributed by atoms with Gasteiger partial charge in [0.1, 0.15) is 92.6 Å². The number of aliphatic hydroxyl groups is 9. The molecule has 0 amide bonds. The van der Waals surface area contributed by atoms with Crippen LogP contribution >= 0.6 is 7.82 Å². The summed E-state index contributed by atoms with van der Waals surface area (Å²) in [4.78, 5) is 66.4. The number of aliphatic hydroxyl groups excluding tert-OH is 9. The molecule has 2 aliphatic heterocycles. The number of esters is 4. The highest BCUT2D eigenvalue weighted by Crippen LogP contribution is 2.49. The van der Waals surface area contributed by atoms with E-state index in [1.807, 2.05) is 0 Å². The van der Waals surface area contributed by atoms with Crippen LogP contribution in [0.4, 0.5) is 0 Å². The summed E-state index contributed by atoms with van der Waals surface area (Å²) < 4.78 is 73.3. The van der Waals surface area contributed by atoms with Crippen LogP contribution in [0.25, 0.3) is 0 Å². The van der Waals surface area contributed by atoms with E-state index in [0.717, 1.165) is 141 Å². The highest BCUT2D eigenvalue weighted by molar-refractivity contribution is 7.47. The molecule has 2 saturated heterocycles. The van der Waals surface area contributed by atoms with Crippen LogP contribution in [0, 0.1) is 0 Å². The van der Waals surface area contributed by atoms with Gasteiger partial charge >= 0.3 is 31.7 Å². The number of unbranched alkanes of at least 4 members (excludes halogenated alkanes) is 47. The lowest BCUT2D eigenvalue weighted by molar-refractivity contribution is -0.360. The minimum absolute atomic E-state index is 0.0174. The molecule has 0 radical (unpaired) electrons. The topological polar surface area (TPSA) is 380 Å². The molecule has 26 heteroatoms. The van der Waals surface area contributed by atoms with Crippen LogP contribution in [-0.2, 0) is 70.7 Å². The van der Waals surface area contributed by atoms with Gasteiger partial charge in [0.25, 0.3) is 0 Å². The molecule has 25 nitrogen and oxygen atoms in total. The summed E-state index contributed by atoms with van der Waals surface area (Å²) in [6.45, 7) is 5.56. The molecule has 18 atom stereocenters. The molecule has 10 N–H and O–H groups in total. The van der Waals surface area contributed by atoms with Crippen molar-refractivity contribution in [2.24, 2.45) is 0 Å². The van der Waals surface area contributed by atoms with Crippen molar-refractivity contribution in [3.8, 4) is 0 Å². The van der Waals surface area contributed by atoms with Gasteiger partial charge in [0, 0.05) is 25.7 Å². The van der Waals surface area contributed by atoms with E-state index in [0.29, 0.717) is 38.5 Å². The van der Waals surface area contributed by atoms with Gasteiger partial charge < -0.3 is 88.7 Å². The lowest BCUT2D eigenvalue weighted by atomic mass is 9.84. The quantitative estimate of drug-likeness (QED) is 0.00889. The molecule has 0 spiro atoms. The standard InChI is InChI=1S/C90H165O25P/c1-5-9-13-17-21-25-29-33-35-37-41-43-47-51-55-59-63-74(93)107-69-72-78(97)80(99)84(103)90(111-72)114-87-85(112-76(95)65-61-57-53-49-45-39-32-28-24-20-16-12-8-4)81(100)82(101)86(113-89-83(102)79(98)77(96)71(66-91)110-89)88(87)115-116(104,105)108-68-70(109-75(94)64-60-56-52-48-44-38-31-27-23-19-15-11-7-3)67-106-73(92)62-58-54-50-46-42-40-36-34-30-26-22-18-14-10-6-2/h26,30,38,44,70-72,77-91,96-103H,5-25,27-29,31-37,39-43,45-69H2,1-4H3,(H,104,105)/b30-26-,44-38-. The van der Waals surface area contributed by atoms with E-state index >= 15 is 0 Å². The van der Waals surface area contributed by atoms with Gasteiger partial charge in [-0.2, -0.15) is 0 Å². The zero-order valence-electron chi connectivity index (χ0n) is 72.3. The van der Waals surface area contributed by atoms with E-state index in [2.05, 4.69) is 52.0 Å². The summed E-state index contributed by atoms with van der Waals surface area (Å²) in [6, 6.07) is 0. The fraction of sp³-hybridized carbons (Fsp3) is 0.911. The second kappa shape index (κ2) is 69.4. The Balaban J connectivity index is 1.91. The maximum Gasteiger partial charge on any atom is 0.472 e. The molecule has 0 aromatic carbocycles. The zero-order valence-corrected chi connectivity index (χ0v) is 73.2. The van der Waals surface area contributed by atoms with Crippen molar-refractivity contribution in [3.63, 3.8) is 0 Å². The molecule has 0 aromatic rings. The van der Waals surface area contributed by atoms with Gasteiger partial charge in [0.15, 0.2) is 24.8 Å². The van der Waals surface area contributed by atoms with Gasteiger partial charge in [-0.25, -0.2) is 4.57 Å². The third kappa shape index (κ3) is 49.3. The number of hydrogen-bond donors (Lipinski definition) is 10. The predicted octanol–water partition coefficient (Wildman–Crippen LogP) is 16.9. The summed E-state index contributed by atoms with van der Waals surface area (Å²) in [6.07, 6.45) is 29.0. The number of phosphoric ester groups is 1. The number of carbonyl (C=O) groups is 4. The Morgan fingerprint density at radius 1 is 0.336 bits per heavy atom. The van der Waals surface area contributed by atoms with E-state index in [1.54, 1.807) is 0 Å². The van der Waals surface area contributed by atoms with Crippen molar-refractivity contribution in [1.82, 2.24) is 0 Å². The Kier molecular flexibility index (Phi) is 64.1. The molecule has 3 rings (SSSR count). The van der Waals surface area contributed by atoms with Crippen LogP contribution in [0.15, 0.2) is 24.3 Å². The van der Waals surface area contributed by atoms with E-state index in [-0.39, 0.29) is 25.7 Å². The Hall–Kier alpha value is -3.05. The highest BCUT2D eigenvalue weighted by Gasteiger charge is 2.60. The average Bonchev–Trinajstić information content (AvgIpc) is 0.754. The SMILES string of the molecule is CCCCCC/C=C\CCCCCCCCCC(=O)OCC(COP(=O)(O)OC1C(OC2OC(CO)C(O)C(O)C2O)C(O)C(O)C(OC(=O)CCCCCCCCCCCCCCC)C1OC1OC(COC(=O)CCCCCCCCCCCCCCCCCC)C(O)C(O)C1O)OC(=O)CCCCC/C=C\CCCCCCCC. The van der Waals surface area contributed by atoms with Crippen molar-refractivity contribution >= 4 is 31.7 Å². The minimum atomic E-state index is -5.81. The Labute approximate surface area is 698 Å². The van der Waals surface area contributed by atoms with Gasteiger partial charge in [-0.05, 0) is 77.0 Å². The number of ether oxygens (including phenoxy) is 8. The Morgan fingerprint density at radius 2 is 0.647 bits per heavy atom. The lowest BCUT2D eigenvalue weighted by Gasteiger charge is -2.50. The number of carbonyl (C=O) groups excluding carboxylic acids is 4. The molecule has 2 heterocycles. The molecule has 0 bridgehead atoms. The molecule has 0 aromatic heterocycles. The summed E-state index contributed by atoms with van der Waals surface area (Å²) in [5.74, 6) is -2.98. The molecule has 680 valence electrons. The van der Waals surface area contributed by atoms with Gasteiger partial charge in [-0.3, -0.25) is 28.2 Å². The first-order valence-corrected chi connectivity index (χ1v) is 48.1. The van der Waals surface area contributed by atoms with Gasteiger partial charge in [-0.15, -0.1) is 0 Å². The van der Waals surface area contributed by atoms with Crippen LogP contribution in [0.2, 0.25) is 0 Å². The first-order chi connectivity index (χ1) is 56.2. The predicted molar refractivity (Wildman–Crippen MR) is 449 cm³/mol. The van der Waals surface area contributed by atoms with E-state index in [1.165, 1.54) is 161 Å². The number of phosphoric acid groups is 1. The third-order valence-electron chi connectivity index (χ3n) is 22.7. The maximum atomic E-state index is 14.9. The zero-order chi connectivity index (χ0) is 84.7. The molecule has 3 aliphatic rings. The first kappa shape index (κ1) is 107. The van der Waals surface area contributed by atoms with E-state index < -0.39 is 162 Å². The number of hydrogen-bond acceptors (Lipinski definition) is 24. The summed E-state index contributed by atoms with van der Waals surface area (Å²) in [5, 5.41) is 102. The van der Waals surface area contributed by atoms with Crippen molar-refractivity contribution in [1.29, 1.82) is 0 Å². The third-order valence-corrected chi connectivity index (χ3v) is 23.7. The molecule has 3 fully saturated rings. The second-order valence-electron chi connectivity index (χ2n) is 33.2. The molecule has 116 heavy (non-hydrogen) atoms. The highest BCUT2D eigenvalue weighted by atomic mass is 31.2. The van der Waals surface area contributed by atoms with Crippen molar-refractivity contribution in [2.45, 2.75) is 498 Å². The second-order valence-corrected chi connectivity index (χ2v) is 34.6. The van der Waals surface area contributed by atoms with Crippen LogP contribution in [-0.4, -0.2) is 205 Å². The van der Waals surface area contributed by atoms with Crippen molar-refractivity contribution < 1.29 is 122 Å². The van der Waals surface area contributed by atoms with E-state index in [9.17, 15) is 74.6 Å². The van der Waals surface area contributed by atoms with Gasteiger partial charge in [-0.1, -0.05) is 315 Å². The maximum absolute atomic E-state index is 14.9. The first-order valence-electron chi connectivity index (χ1n) is 46.6. The summed E-state index contributed by atoms with van der Waals surface area (Å²) in [7, 11) is -5.81. The molecule has 18 unspecified atom stereocenters. The summed E-state index contributed by atoms with van der Waals surface area (Å²) in [5.41, 5.74) is 0. The van der Waals surface area contributed by atoms with Crippen molar-refractivity contribution in [2.75, 3.05) is 26.4 Å². The Bertz CT molecular complexity index is 2510. The van der Waals surface area contributed by atoms with Crippen LogP contribution in [0.1, 0.15) is 394 Å². The lowest BCUT2D eigenvalue weighted by Crippen LogP contribution is -2.70. The smallest absolute Gasteiger partial charge is 0.463 e. The molecule has 1 aliphatic carbocycles. The normalized spacial score (nSPS) is 25.2. The largest absolute Gasteiger partial charge is 0.472 e. The molecule has 1 saturated carbocycles. The minimum Gasteiger partial charge on any atom is -0.463 e. The Morgan fingerprint density at radius 3 is 1.04 bits per heavy atom. The van der Waals surface area contributed by atoms with Crippen LogP contribution < -0.4 is 0 Å². The summed E-state index contributed by atoms with van der Waals surface area (Å²) >= 11 is 0. The van der Waals surface area contributed by atoms with Crippen LogP contribution in [0.3, 0.4) is 0 Å². The number of rotatable bonds is 75. The van der Waals surface area contributed by atoms with Crippen molar-refractivity contribution in [3.05, 3.63) is 24.3 Å². The average molecular weight is 1680 g/mol.